The Morgan fingerprint density at radius 2 is 1.79 bits per heavy atom. The zero-order chi connectivity index (χ0) is 14.6. The molecular weight excluding hydrogens is 278 g/mol. The summed E-state index contributed by atoms with van der Waals surface area (Å²) in [5, 5.41) is 57.7. The molecule has 8 nitrogen and oxygen atoms in total. The lowest BCUT2D eigenvalue weighted by molar-refractivity contribution is -0.138. The van der Waals surface area contributed by atoms with Crippen LogP contribution in [-0.4, -0.2) is 84.8 Å². The number of aliphatic carboxylic acids is 1. The molecule has 1 aliphatic heterocycles. The van der Waals surface area contributed by atoms with E-state index in [1.54, 1.807) is 0 Å². The topological polar surface area (TPSA) is 150 Å². The van der Waals surface area contributed by atoms with Crippen LogP contribution in [0.25, 0.3) is 0 Å². The number of hydrogen-bond acceptors (Lipinski definition) is 8. The van der Waals surface area contributed by atoms with Crippen molar-refractivity contribution in [1.82, 2.24) is 5.32 Å². The predicted octanol–water partition coefficient (Wildman–Crippen LogP) is -3.07. The highest BCUT2D eigenvalue weighted by Crippen LogP contribution is 2.24. The normalized spacial score (nSPS) is 29.7. The van der Waals surface area contributed by atoms with Crippen molar-refractivity contribution in [2.75, 3.05) is 12.4 Å². The molecule has 0 bridgehead atoms. The Balaban J connectivity index is 2.42. The highest BCUT2D eigenvalue weighted by atomic mass is 32.2. The van der Waals surface area contributed by atoms with Crippen molar-refractivity contribution < 1.29 is 35.4 Å². The molecule has 19 heavy (non-hydrogen) atoms. The minimum Gasteiger partial charge on any atom is -0.480 e. The number of rotatable bonds is 7. The minimum absolute atomic E-state index is 0.0187. The van der Waals surface area contributed by atoms with Gasteiger partial charge in [0.05, 0.1) is 18.1 Å². The molecule has 0 saturated carbocycles. The Labute approximate surface area is 114 Å². The average molecular weight is 297 g/mol. The second-order valence-electron chi connectivity index (χ2n) is 4.41. The van der Waals surface area contributed by atoms with Crippen LogP contribution in [0, 0.1) is 0 Å². The van der Waals surface area contributed by atoms with Crippen molar-refractivity contribution in [3.63, 3.8) is 0 Å². The lowest BCUT2D eigenvalue weighted by atomic mass is 10.0. The molecule has 0 aliphatic carbocycles. The molecule has 0 amide bonds. The summed E-state index contributed by atoms with van der Waals surface area (Å²) in [5.41, 5.74) is 0. The third kappa shape index (κ3) is 4.56. The van der Waals surface area contributed by atoms with Crippen LogP contribution < -0.4 is 5.32 Å². The Morgan fingerprint density at radius 1 is 1.21 bits per heavy atom. The van der Waals surface area contributed by atoms with Crippen molar-refractivity contribution in [3.05, 3.63) is 0 Å². The van der Waals surface area contributed by atoms with Gasteiger partial charge in [0.2, 0.25) is 0 Å². The lowest BCUT2D eigenvalue weighted by Crippen LogP contribution is -2.47. The van der Waals surface area contributed by atoms with E-state index in [0.29, 0.717) is 5.75 Å². The van der Waals surface area contributed by atoms with Crippen LogP contribution in [0.15, 0.2) is 0 Å². The van der Waals surface area contributed by atoms with Crippen LogP contribution in [0.3, 0.4) is 0 Å². The van der Waals surface area contributed by atoms with Crippen molar-refractivity contribution in [3.8, 4) is 0 Å². The second kappa shape index (κ2) is 7.39. The van der Waals surface area contributed by atoms with Gasteiger partial charge in [-0.3, -0.25) is 10.1 Å². The van der Waals surface area contributed by atoms with Gasteiger partial charge in [-0.1, -0.05) is 0 Å². The van der Waals surface area contributed by atoms with E-state index in [0.717, 1.165) is 0 Å². The van der Waals surface area contributed by atoms with Crippen LogP contribution in [0.2, 0.25) is 0 Å². The van der Waals surface area contributed by atoms with Crippen LogP contribution in [-0.2, 0) is 4.79 Å². The molecule has 1 saturated heterocycles. The summed E-state index contributed by atoms with van der Waals surface area (Å²) >= 11 is 1.29. The molecule has 1 fully saturated rings. The van der Waals surface area contributed by atoms with Crippen LogP contribution in [0.1, 0.15) is 6.42 Å². The zero-order valence-electron chi connectivity index (χ0n) is 10.1. The highest BCUT2D eigenvalue weighted by Gasteiger charge is 2.35. The minimum atomic E-state index is -1.67. The number of carboxylic acids is 1. The Bertz CT molecular complexity index is 306. The van der Waals surface area contributed by atoms with Gasteiger partial charge < -0.3 is 30.6 Å². The number of aliphatic hydroxyl groups is 5. The van der Waals surface area contributed by atoms with Gasteiger partial charge in [-0.25, -0.2) is 0 Å². The molecule has 9 heteroatoms. The Hall–Kier alpha value is -0.420. The predicted molar refractivity (Wildman–Crippen MR) is 66.5 cm³/mol. The summed E-state index contributed by atoms with van der Waals surface area (Å²) in [6.07, 6.45) is -6.14. The van der Waals surface area contributed by atoms with E-state index in [4.69, 9.17) is 15.3 Å². The van der Waals surface area contributed by atoms with E-state index < -0.39 is 43.0 Å². The van der Waals surface area contributed by atoms with Gasteiger partial charge in [-0.2, -0.15) is 0 Å². The summed E-state index contributed by atoms with van der Waals surface area (Å²) in [6, 6.07) is -0.702. The van der Waals surface area contributed by atoms with Crippen molar-refractivity contribution in [2.45, 2.75) is 42.3 Å². The van der Waals surface area contributed by atoms with Crippen LogP contribution in [0.5, 0.6) is 0 Å². The van der Waals surface area contributed by atoms with Gasteiger partial charge in [-0.05, 0) is 0 Å². The smallest absolute Gasteiger partial charge is 0.321 e. The number of thioether (sulfide) groups is 1. The van der Waals surface area contributed by atoms with E-state index in [1.165, 1.54) is 11.8 Å². The quantitative estimate of drug-likeness (QED) is 0.259. The van der Waals surface area contributed by atoms with Gasteiger partial charge >= 0.3 is 5.97 Å². The molecule has 1 heterocycles. The molecular formula is C10H19NO7S. The van der Waals surface area contributed by atoms with Crippen molar-refractivity contribution in [1.29, 1.82) is 0 Å². The maximum absolute atomic E-state index is 10.7. The summed E-state index contributed by atoms with van der Waals surface area (Å²) < 4.78 is 0. The summed E-state index contributed by atoms with van der Waals surface area (Å²) in [6.45, 7) is -0.734. The van der Waals surface area contributed by atoms with Gasteiger partial charge in [0.1, 0.15) is 24.4 Å². The van der Waals surface area contributed by atoms with E-state index in [2.05, 4.69) is 5.32 Å². The lowest BCUT2D eigenvalue weighted by Gasteiger charge is -2.27. The Kier molecular flexibility index (Phi) is 6.47. The molecule has 0 aromatic heterocycles. The molecule has 0 aromatic rings. The number of aliphatic hydroxyl groups excluding tert-OH is 5. The number of carboxylic acid groups (broad SMARTS) is 1. The third-order valence-electron chi connectivity index (χ3n) is 2.93. The van der Waals surface area contributed by atoms with Gasteiger partial charge in [0, 0.05) is 12.2 Å². The average Bonchev–Trinajstić information content (AvgIpc) is 2.84. The second-order valence-corrected chi connectivity index (χ2v) is 5.65. The van der Waals surface area contributed by atoms with Crippen LogP contribution >= 0.6 is 11.8 Å². The van der Waals surface area contributed by atoms with Crippen molar-refractivity contribution >= 4 is 17.7 Å². The maximum Gasteiger partial charge on any atom is 0.321 e. The molecule has 112 valence electrons. The third-order valence-corrected chi connectivity index (χ3v) is 4.19. The Morgan fingerprint density at radius 3 is 2.26 bits per heavy atom. The van der Waals surface area contributed by atoms with Crippen molar-refractivity contribution in [2.24, 2.45) is 0 Å². The maximum atomic E-state index is 10.7. The molecule has 0 radical (unpaired) electrons. The fourth-order valence-corrected chi connectivity index (χ4v) is 2.99. The van der Waals surface area contributed by atoms with E-state index in [-0.39, 0.29) is 11.8 Å². The first-order valence-corrected chi connectivity index (χ1v) is 6.85. The largest absolute Gasteiger partial charge is 0.480 e. The molecule has 0 aromatic carbocycles. The van der Waals surface area contributed by atoms with E-state index >= 15 is 0 Å². The molecule has 0 spiro atoms. The standard InChI is InChI=1S/C10H19NO7S/c12-2-6(14)9(16)8(15)5(13)1-7-11-4(3-19-7)10(17)18/h4-9,11-16H,1-3H2,(H,17,18)/t4?,5-,6-,7?,8-,9-/m1/s1. The number of carbonyl (C=O) groups is 1. The zero-order valence-corrected chi connectivity index (χ0v) is 10.9. The number of nitrogens with one attached hydrogen (secondary N) is 1. The van der Waals surface area contributed by atoms with Crippen LogP contribution in [0.4, 0.5) is 0 Å². The van der Waals surface area contributed by atoms with E-state index in [9.17, 15) is 20.1 Å². The SMILES string of the molecule is O=C(O)C1CSC(C[C@@H](O)[C@@H](O)[C@H](O)[C@H](O)CO)N1. The first-order valence-electron chi connectivity index (χ1n) is 5.80. The summed E-state index contributed by atoms with van der Waals surface area (Å²) in [5.74, 6) is -0.634. The van der Waals surface area contributed by atoms with E-state index in [1.807, 2.05) is 0 Å². The highest BCUT2D eigenvalue weighted by molar-refractivity contribution is 8.00. The number of hydrogen-bond donors (Lipinski definition) is 7. The molecule has 1 rings (SSSR count). The fourth-order valence-electron chi connectivity index (χ4n) is 1.73. The van der Waals surface area contributed by atoms with Gasteiger partial charge in [-0.15, -0.1) is 11.8 Å². The summed E-state index contributed by atoms with van der Waals surface area (Å²) in [4.78, 5) is 10.7. The summed E-state index contributed by atoms with van der Waals surface area (Å²) in [7, 11) is 0. The molecule has 2 unspecified atom stereocenters. The fraction of sp³-hybridized carbons (Fsp3) is 0.900. The molecule has 6 atom stereocenters. The first-order chi connectivity index (χ1) is 8.86. The molecule has 1 aliphatic rings. The van der Waals surface area contributed by atoms with Gasteiger partial charge in [0.25, 0.3) is 0 Å². The molecule has 7 N–H and O–H groups in total. The van der Waals surface area contributed by atoms with Gasteiger partial charge in [0.15, 0.2) is 0 Å². The first kappa shape index (κ1) is 16.6. The monoisotopic (exact) mass is 297 g/mol.